The first-order chi connectivity index (χ1) is 9.75. The molecule has 1 aliphatic rings. The van der Waals surface area contributed by atoms with Gasteiger partial charge in [0.15, 0.2) is 0 Å². The van der Waals surface area contributed by atoms with Crippen LogP contribution in [0.3, 0.4) is 0 Å². The number of hydrogen-bond acceptors (Lipinski definition) is 3. The van der Waals surface area contributed by atoms with Crippen LogP contribution < -0.4 is 0 Å². The lowest BCUT2D eigenvalue weighted by Crippen LogP contribution is -2.36. The van der Waals surface area contributed by atoms with Gasteiger partial charge in [0.05, 0.1) is 0 Å². The van der Waals surface area contributed by atoms with Gasteiger partial charge in [-0.3, -0.25) is 4.90 Å². The summed E-state index contributed by atoms with van der Waals surface area (Å²) in [5.41, 5.74) is 1.03. The molecule has 1 N–H and O–H groups in total. The van der Waals surface area contributed by atoms with Crippen molar-refractivity contribution < 1.29 is 9.84 Å². The lowest BCUT2D eigenvalue weighted by Gasteiger charge is -2.31. The predicted molar refractivity (Wildman–Crippen MR) is 80.9 cm³/mol. The standard InChI is InChI=1S/C17H21NO2/c1-18(14-8-10-20-11-9-14)12-16-15-5-3-2-4-13(15)6-7-17(16)19/h2-7,14,19H,8-12H2,1H3. The van der Waals surface area contributed by atoms with Crippen molar-refractivity contribution in [1.82, 2.24) is 4.90 Å². The first kappa shape index (κ1) is 13.4. The SMILES string of the molecule is CN(Cc1c(O)ccc2ccccc12)C1CCOCC1. The first-order valence-corrected chi connectivity index (χ1v) is 7.23. The average molecular weight is 271 g/mol. The molecule has 0 amide bonds. The van der Waals surface area contributed by atoms with Crippen molar-refractivity contribution in [2.45, 2.75) is 25.4 Å². The fraction of sp³-hybridized carbons (Fsp3) is 0.412. The predicted octanol–water partition coefficient (Wildman–Crippen LogP) is 3.16. The molecule has 2 aromatic rings. The Kier molecular flexibility index (Phi) is 3.90. The van der Waals surface area contributed by atoms with Gasteiger partial charge in [-0.15, -0.1) is 0 Å². The molecule has 2 aromatic carbocycles. The molecule has 1 saturated heterocycles. The Balaban J connectivity index is 1.87. The quantitative estimate of drug-likeness (QED) is 0.930. The highest BCUT2D eigenvalue weighted by Gasteiger charge is 2.20. The van der Waals surface area contributed by atoms with Crippen molar-refractivity contribution in [3.8, 4) is 5.75 Å². The maximum Gasteiger partial charge on any atom is 0.120 e. The van der Waals surface area contributed by atoms with E-state index in [4.69, 9.17) is 4.74 Å². The zero-order chi connectivity index (χ0) is 13.9. The molecule has 0 unspecified atom stereocenters. The summed E-state index contributed by atoms with van der Waals surface area (Å²) in [6.07, 6.45) is 2.14. The summed E-state index contributed by atoms with van der Waals surface area (Å²) in [4.78, 5) is 2.34. The van der Waals surface area contributed by atoms with Crippen molar-refractivity contribution in [3.05, 3.63) is 42.0 Å². The number of rotatable bonds is 3. The highest BCUT2D eigenvalue weighted by molar-refractivity contribution is 5.87. The van der Waals surface area contributed by atoms with Crippen LogP contribution in [0.5, 0.6) is 5.75 Å². The van der Waals surface area contributed by atoms with Crippen LogP contribution in [0.15, 0.2) is 36.4 Å². The molecule has 106 valence electrons. The minimum Gasteiger partial charge on any atom is -0.508 e. The third-order valence-electron chi connectivity index (χ3n) is 4.24. The molecule has 1 heterocycles. The summed E-state index contributed by atoms with van der Waals surface area (Å²) in [6.45, 7) is 2.46. The second kappa shape index (κ2) is 5.81. The zero-order valence-corrected chi connectivity index (χ0v) is 11.9. The zero-order valence-electron chi connectivity index (χ0n) is 11.9. The van der Waals surface area contributed by atoms with Crippen LogP contribution in [-0.2, 0) is 11.3 Å². The molecule has 0 radical (unpaired) electrons. The molecule has 1 fully saturated rings. The molecule has 0 aromatic heterocycles. The van der Waals surface area contributed by atoms with Gasteiger partial charge >= 0.3 is 0 Å². The molecule has 1 aliphatic heterocycles. The maximum atomic E-state index is 10.2. The van der Waals surface area contributed by atoms with Crippen LogP contribution in [0, 0.1) is 0 Å². The van der Waals surface area contributed by atoms with E-state index in [1.807, 2.05) is 18.2 Å². The van der Waals surface area contributed by atoms with Crippen LogP contribution in [0.25, 0.3) is 10.8 Å². The van der Waals surface area contributed by atoms with E-state index < -0.39 is 0 Å². The van der Waals surface area contributed by atoms with Crippen LogP contribution in [-0.4, -0.2) is 36.3 Å². The minimum atomic E-state index is 0.391. The largest absolute Gasteiger partial charge is 0.508 e. The van der Waals surface area contributed by atoms with Gasteiger partial charge in [0.2, 0.25) is 0 Å². The highest BCUT2D eigenvalue weighted by atomic mass is 16.5. The molecular weight excluding hydrogens is 250 g/mol. The summed E-state index contributed by atoms with van der Waals surface area (Å²) in [7, 11) is 2.14. The third kappa shape index (κ3) is 2.65. The smallest absolute Gasteiger partial charge is 0.120 e. The Morgan fingerprint density at radius 1 is 1.15 bits per heavy atom. The second-order valence-electron chi connectivity index (χ2n) is 5.54. The maximum absolute atomic E-state index is 10.2. The van der Waals surface area contributed by atoms with E-state index in [1.165, 1.54) is 5.39 Å². The van der Waals surface area contributed by atoms with Gasteiger partial charge in [0, 0.05) is 31.4 Å². The topological polar surface area (TPSA) is 32.7 Å². The van der Waals surface area contributed by atoms with Gasteiger partial charge in [-0.25, -0.2) is 0 Å². The summed E-state index contributed by atoms with van der Waals surface area (Å²) in [5, 5.41) is 12.5. The van der Waals surface area contributed by atoms with E-state index in [1.54, 1.807) is 6.07 Å². The summed E-state index contributed by atoms with van der Waals surface area (Å²) in [5.74, 6) is 0.391. The number of phenolic OH excluding ortho intramolecular Hbond substituents is 1. The number of phenols is 1. The number of hydrogen-bond donors (Lipinski definition) is 1. The Morgan fingerprint density at radius 3 is 2.70 bits per heavy atom. The van der Waals surface area contributed by atoms with Crippen molar-refractivity contribution in [2.24, 2.45) is 0 Å². The number of ether oxygens (including phenoxy) is 1. The molecule has 3 heteroatoms. The lowest BCUT2D eigenvalue weighted by molar-refractivity contribution is 0.0406. The van der Waals surface area contributed by atoms with Crippen molar-refractivity contribution >= 4 is 10.8 Å². The second-order valence-corrected chi connectivity index (χ2v) is 5.54. The van der Waals surface area contributed by atoms with Crippen molar-refractivity contribution in [2.75, 3.05) is 20.3 Å². The minimum absolute atomic E-state index is 0.391. The molecular formula is C17H21NO2. The molecule has 3 nitrogen and oxygen atoms in total. The van der Waals surface area contributed by atoms with E-state index in [0.29, 0.717) is 11.8 Å². The van der Waals surface area contributed by atoms with E-state index in [-0.39, 0.29) is 0 Å². The molecule has 20 heavy (non-hydrogen) atoms. The lowest BCUT2D eigenvalue weighted by atomic mass is 10.0. The van der Waals surface area contributed by atoms with Gasteiger partial charge in [0.25, 0.3) is 0 Å². The summed E-state index contributed by atoms with van der Waals surface area (Å²) < 4.78 is 5.42. The Hall–Kier alpha value is -1.58. The third-order valence-corrected chi connectivity index (χ3v) is 4.24. The Labute approximate surface area is 119 Å². The van der Waals surface area contributed by atoms with Crippen LogP contribution >= 0.6 is 0 Å². The van der Waals surface area contributed by atoms with Gasteiger partial charge in [-0.05, 0) is 36.7 Å². The van der Waals surface area contributed by atoms with Gasteiger partial charge < -0.3 is 9.84 Å². The molecule has 0 atom stereocenters. The molecule has 0 aliphatic carbocycles. The van der Waals surface area contributed by atoms with E-state index in [2.05, 4.69) is 24.1 Å². The highest BCUT2D eigenvalue weighted by Crippen LogP contribution is 2.29. The Morgan fingerprint density at radius 2 is 1.90 bits per heavy atom. The van der Waals surface area contributed by atoms with Gasteiger partial charge in [-0.2, -0.15) is 0 Å². The normalized spacial score (nSPS) is 16.9. The fourth-order valence-electron chi connectivity index (χ4n) is 3.00. The van der Waals surface area contributed by atoms with Crippen LogP contribution in [0.1, 0.15) is 18.4 Å². The Bertz CT molecular complexity index is 591. The number of nitrogens with zero attached hydrogens (tertiary/aromatic N) is 1. The molecule has 3 rings (SSSR count). The number of aromatic hydroxyl groups is 1. The van der Waals surface area contributed by atoms with Crippen LogP contribution in [0.2, 0.25) is 0 Å². The molecule has 0 saturated carbocycles. The fourth-order valence-corrected chi connectivity index (χ4v) is 3.00. The summed E-state index contributed by atoms with van der Waals surface area (Å²) in [6, 6.07) is 12.6. The van der Waals surface area contributed by atoms with Gasteiger partial charge in [0.1, 0.15) is 5.75 Å². The van der Waals surface area contributed by atoms with E-state index in [9.17, 15) is 5.11 Å². The molecule has 0 bridgehead atoms. The molecule has 0 spiro atoms. The number of fused-ring (bicyclic) bond motifs is 1. The monoisotopic (exact) mass is 271 g/mol. The van der Waals surface area contributed by atoms with E-state index in [0.717, 1.165) is 43.5 Å². The van der Waals surface area contributed by atoms with Crippen molar-refractivity contribution in [3.63, 3.8) is 0 Å². The van der Waals surface area contributed by atoms with Crippen molar-refractivity contribution in [1.29, 1.82) is 0 Å². The van der Waals surface area contributed by atoms with E-state index >= 15 is 0 Å². The van der Waals surface area contributed by atoms with Crippen LogP contribution in [0.4, 0.5) is 0 Å². The number of benzene rings is 2. The summed E-state index contributed by atoms with van der Waals surface area (Å²) >= 11 is 0. The average Bonchev–Trinajstić information content (AvgIpc) is 2.51. The first-order valence-electron chi connectivity index (χ1n) is 7.23. The van der Waals surface area contributed by atoms with Gasteiger partial charge in [-0.1, -0.05) is 30.3 Å².